The van der Waals surface area contributed by atoms with Gasteiger partial charge in [0.1, 0.15) is 17.3 Å². The van der Waals surface area contributed by atoms with E-state index in [-0.39, 0.29) is 0 Å². The van der Waals surface area contributed by atoms with E-state index in [1.165, 1.54) is 0 Å². The molecule has 1 heterocycles. The summed E-state index contributed by atoms with van der Waals surface area (Å²) in [5.74, 6) is 1.50. The summed E-state index contributed by atoms with van der Waals surface area (Å²) in [7, 11) is 0. The molecule has 0 amide bonds. The van der Waals surface area contributed by atoms with Crippen molar-refractivity contribution in [3.8, 4) is 17.0 Å². The number of ether oxygens (including phenoxy) is 1. The SMILES string of the molecule is Cc1ncc(-c2ccc(OCCCN)cc2)nn1. The second kappa shape index (κ2) is 6.07. The van der Waals surface area contributed by atoms with Crippen molar-refractivity contribution >= 4 is 0 Å². The molecule has 1 aromatic heterocycles. The Bertz CT molecular complexity index is 481. The standard InChI is InChI=1S/C13H16N4O/c1-10-15-9-13(17-16-10)11-3-5-12(6-4-11)18-8-2-7-14/h3-6,9H,2,7-8,14H2,1H3. The second-order valence-corrected chi connectivity index (χ2v) is 3.91. The van der Waals surface area contributed by atoms with Gasteiger partial charge in [-0.3, -0.25) is 0 Å². The molecule has 0 aliphatic rings. The Morgan fingerprint density at radius 2 is 1.94 bits per heavy atom. The maximum atomic E-state index is 5.52. The first-order chi connectivity index (χ1) is 8.79. The molecular formula is C13H16N4O. The summed E-state index contributed by atoms with van der Waals surface area (Å²) in [4.78, 5) is 4.12. The molecule has 0 fully saturated rings. The van der Waals surface area contributed by atoms with Crippen molar-refractivity contribution in [2.75, 3.05) is 13.2 Å². The van der Waals surface area contributed by atoms with Crippen LogP contribution in [-0.4, -0.2) is 28.3 Å². The van der Waals surface area contributed by atoms with Gasteiger partial charge in [0.2, 0.25) is 0 Å². The minimum absolute atomic E-state index is 0.641. The van der Waals surface area contributed by atoms with Gasteiger partial charge in [0.15, 0.2) is 0 Å². The average Bonchev–Trinajstić information content (AvgIpc) is 2.41. The Hall–Kier alpha value is -2.01. The van der Waals surface area contributed by atoms with Crippen molar-refractivity contribution < 1.29 is 4.74 Å². The van der Waals surface area contributed by atoms with Gasteiger partial charge in [-0.15, -0.1) is 10.2 Å². The Kier molecular flexibility index (Phi) is 4.20. The summed E-state index contributed by atoms with van der Waals surface area (Å²) in [6.07, 6.45) is 2.57. The summed E-state index contributed by atoms with van der Waals surface area (Å²) in [6.45, 7) is 3.09. The summed E-state index contributed by atoms with van der Waals surface area (Å²) in [5.41, 5.74) is 7.13. The number of benzene rings is 1. The highest BCUT2D eigenvalue weighted by Crippen LogP contribution is 2.19. The Morgan fingerprint density at radius 3 is 2.56 bits per heavy atom. The van der Waals surface area contributed by atoms with Crippen LogP contribution in [0.15, 0.2) is 30.5 Å². The fraction of sp³-hybridized carbons (Fsp3) is 0.308. The van der Waals surface area contributed by atoms with Crippen molar-refractivity contribution in [1.82, 2.24) is 15.2 Å². The molecule has 0 aliphatic heterocycles. The number of nitrogens with zero attached hydrogens (tertiary/aromatic N) is 3. The van der Waals surface area contributed by atoms with Gasteiger partial charge < -0.3 is 10.5 Å². The summed E-state index contributed by atoms with van der Waals surface area (Å²) in [5, 5.41) is 8.02. The largest absolute Gasteiger partial charge is 0.494 e. The molecule has 0 spiro atoms. The van der Waals surface area contributed by atoms with Crippen LogP contribution in [0.5, 0.6) is 5.75 Å². The molecule has 94 valence electrons. The highest BCUT2D eigenvalue weighted by molar-refractivity contribution is 5.58. The molecule has 1 aromatic carbocycles. The van der Waals surface area contributed by atoms with Gasteiger partial charge in [-0.25, -0.2) is 4.98 Å². The van der Waals surface area contributed by atoms with Crippen LogP contribution in [0, 0.1) is 6.92 Å². The Morgan fingerprint density at radius 1 is 1.17 bits per heavy atom. The first kappa shape index (κ1) is 12.4. The van der Waals surface area contributed by atoms with E-state index >= 15 is 0 Å². The molecule has 0 atom stereocenters. The zero-order chi connectivity index (χ0) is 12.8. The van der Waals surface area contributed by atoms with Crippen LogP contribution in [0.4, 0.5) is 0 Å². The molecule has 5 heteroatoms. The lowest BCUT2D eigenvalue weighted by Gasteiger charge is -2.06. The topological polar surface area (TPSA) is 73.9 Å². The highest BCUT2D eigenvalue weighted by atomic mass is 16.5. The monoisotopic (exact) mass is 244 g/mol. The molecule has 2 aromatic rings. The van der Waals surface area contributed by atoms with Crippen molar-refractivity contribution in [3.05, 3.63) is 36.3 Å². The van der Waals surface area contributed by atoms with E-state index in [1.54, 1.807) is 6.20 Å². The van der Waals surface area contributed by atoms with Crippen molar-refractivity contribution in [3.63, 3.8) is 0 Å². The number of aromatic nitrogens is 3. The lowest BCUT2D eigenvalue weighted by atomic mass is 10.1. The molecule has 0 saturated carbocycles. The van der Waals surface area contributed by atoms with Gasteiger partial charge in [0, 0.05) is 5.56 Å². The van der Waals surface area contributed by atoms with Crippen molar-refractivity contribution in [1.29, 1.82) is 0 Å². The van der Waals surface area contributed by atoms with Crippen LogP contribution in [-0.2, 0) is 0 Å². The lowest BCUT2D eigenvalue weighted by molar-refractivity contribution is 0.313. The minimum Gasteiger partial charge on any atom is -0.494 e. The van der Waals surface area contributed by atoms with Crippen molar-refractivity contribution in [2.24, 2.45) is 5.73 Å². The first-order valence-electron chi connectivity index (χ1n) is 5.89. The Balaban J connectivity index is 2.05. The molecule has 5 nitrogen and oxygen atoms in total. The highest BCUT2D eigenvalue weighted by Gasteiger charge is 2.01. The minimum atomic E-state index is 0.641. The third kappa shape index (κ3) is 3.24. The molecular weight excluding hydrogens is 228 g/mol. The smallest absolute Gasteiger partial charge is 0.147 e. The van der Waals surface area contributed by atoms with Gasteiger partial charge in [-0.2, -0.15) is 0 Å². The van der Waals surface area contributed by atoms with E-state index in [4.69, 9.17) is 10.5 Å². The third-order valence-corrected chi connectivity index (χ3v) is 2.44. The van der Waals surface area contributed by atoms with Crippen LogP contribution < -0.4 is 10.5 Å². The molecule has 0 radical (unpaired) electrons. The molecule has 0 bridgehead atoms. The normalized spacial score (nSPS) is 10.3. The van der Waals surface area contributed by atoms with Crippen LogP contribution in [0.1, 0.15) is 12.2 Å². The molecule has 0 aliphatic carbocycles. The molecule has 2 N–H and O–H groups in total. The quantitative estimate of drug-likeness (QED) is 0.808. The van der Waals surface area contributed by atoms with E-state index in [9.17, 15) is 0 Å². The maximum absolute atomic E-state index is 5.52. The van der Waals surface area contributed by atoms with Gasteiger partial charge >= 0.3 is 0 Å². The number of hydrogen-bond donors (Lipinski definition) is 1. The second-order valence-electron chi connectivity index (χ2n) is 3.91. The van der Waals surface area contributed by atoms with Gasteiger partial charge in [0.05, 0.1) is 12.8 Å². The predicted molar refractivity (Wildman–Crippen MR) is 69.2 cm³/mol. The van der Waals surface area contributed by atoms with Crippen LogP contribution in [0.25, 0.3) is 11.3 Å². The fourth-order valence-corrected chi connectivity index (χ4v) is 1.46. The first-order valence-corrected chi connectivity index (χ1v) is 5.89. The molecule has 0 saturated heterocycles. The van der Waals surface area contributed by atoms with E-state index < -0.39 is 0 Å². The zero-order valence-electron chi connectivity index (χ0n) is 10.3. The Labute approximate surface area is 106 Å². The van der Waals surface area contributed by atoms with Crippen molar-refractivity contribution in [2.45, 2.75) is 13.3 Å². The number of rotatable bonds is 5. The summed E-state index contributed by atoms with van der Waals surface area (Å²) >= 11 is 0. The number of aryl methyl sites for hydroxylation is 1. The number of hydrogen-bond acceptors (Lipinski definition) is 5. The van der Waals surface area contributed by atoms with Crippen LogP contribution in [0.2, 0.25) is 0 Å². The van der Waals surface area contributed by atoms with Gasteiger partial charge in [-0.1, -0.05) is 0 Å². The van der Waals surface area contributed by atoms with Crippen LogP contribution in [0.3, 0.4) is 0 Å². The molecule has 0 unspecified atom stereocenters. The lowest BCUT2D eigenvalue weighted by Crippen LogP contribution is -2.05. The van der Waals surface area contributed by atoms with Gasteiger partial charge in [-0.05, 0) is 44.2 Å². The maximum Gasteiger partial charge on any atom is 0.147 e. The third-order valence-electron chi connectivity index (χ3n) is 2.44. The van der Waals surface area contributed by atoms with E-state index in [2.05, 4.69) is 15.2 Å². The molecule has 2 rings (SSSR count). The van der Waals surface area contributed by atoms with Crippen LogP contribution >= 0.6 is 0 Å². The summed E-state index contributed by atoms with van der Waals surface area (Å²) in [6, 6.07) is 7.71. The van der Waals surface area contributed by atoms with E-state index in [0.717, 1.165) is 23.4 Å². The zero-order valence-corrected chi connectivity index (χ0v) is 10.3. The molecule has 18 heavy (non-hydrogen) atoms. The van der Waals surface area contributed by atoms with Gasteiger partial charge in [0.25, 0.3) is 0 Å². The average molecular weight is 244 g/mol. The summed E-state index contributed by atoms with van der Waals surface area (Å²) < 4.78 is 5.52. The fourth-order valence-electron chi connectivity index (χ4n) is 1.46. The predicted octanol–water partition coefficient (Wildman–Crippen LogP) is 1.57. The van der Waals surface area contributed by atoms with E-state index in [1.807, 2.05) is 31.2 Å². The van der Waals surface area contributed by atoms with E-state index in [0.29, 0.717) is 19.0 Å². The number of nitrogens with two attached hydrogens (primary N) is 1.